The van der Waals surface area contributed by atoms with Crippen LogP contribution in [0.2, 0.25) is 0 Å². The molecule has 0 atom stereocenters. The van der Waals surface area contributed by atoms with Gasteiger partial charge in [0.25, 0.3) is 5.91 Å². The third-order valence-corrected chi connectivity index (χ3v) is 4.33. The number of rotatable bonds is 8. The summed E-state index contributed by atoms with van der Waals surface area (Å²) in [5, 5.41) is 3.47. The van der Waals surface area contributed by atoms with Crippen molar-refractivity contribution in [3.8, 4) is 11.5 Å². The molecule has 1 aromatic carbocycles. The van der Waals surface area contributed by atoms with Gasteiger partial charge >= 0.3 is 0 Å². The van der Waals surface area contributed by atoms with Crippen molar-refractivity contribution in [2.45, 2.75) is 19.4 Å². The van der Waals surface area contributed by atoms with Crippen LogP contribution in [0.5, 0.6) is 11.5 Å². The van der Waals surface area contributed by atoms with Crippen LogP contribution in [0.15, 0.2) is 42.7 Å². The molecule has 0 saturated carbocycles. The smallest absolute Gasteiger partial charge is 0.254 e. The van der Waals surface area contributed by atoms with E-state index in [-0.39, 0.29) is 5.56 Å². The Bertz CT molecular complexity index is 697. The van der Waals surface area contributed by atoms with E-state index in [9.17, 15) is 4.79 Å². The van der Waals surface area contributed by atoms with Crippen molar-refractivity contribution in [3.05, 3.63) is 53.9 Å². The Morgan fingerprint density at radius 3 is 2.68 bits per heavy atom. The van der Waals surface area contributed by atoms with Gasteiger partial charge in [-0.05, 0) is 49.7 Å². The lowest BCUT2D eigenvalue weighted by molar-refractivity contribution is 0.0997. The first-order chi connectivity index (χ1) is 12.2. The van der Waals surface area contributed by atoms with Gasteiger partial charge in [0, 0.05) is 32.0 Å². The molecule has 25 heavy (non-hydrogen) atoms. The van der Waals surface area contributed by atoms with Gasteiger partial charge < -0.3 is 20.7 Å². The Labute approximate surface area is 148 Å². The van der Waals surface area contributed by atoms with Gasteiger partial charge in [0.1, 0.15) is 17.1 Å². The number of hydrogen-bond acceptors (Lipinski definition) is 5. The van der Waals surface area contributed by atoms with Gasteiger partial charge in [-0.2, -0.15) is 0 Å². The van der Waals surface area contributed by atoms with Crippen molar-refractivity contribution in [3.63, 3.8) is 0 Å². The van der Waals surface area contributed by atoms with Crippen molar-refractivity contribution in [2.24, 2.45) is 5.73 Å². The zero-order chi connectivity index (χ0) is 17.5. The van der Waals surface area contributed by atoms with Crippen LogP contribution in [0, 0.1) is 0 Å². The number of aromatic nitrogens is 1. The summed E-state index contributed by atoms with van der Waals surface area (Å²) in [7, 11) is 0. The predicted octanol–water partition coefficient (Wildman–Crippen LogP) is 2.16. The van der Waals surface area contributed by atoms with Crippen LogP contribution in [-0.2, 0) is 6.54 Å². The van der Waals surface area contributed by atoms with E-state index < -0.39 is 5.91 Å². The van der Waals surface area contributed by atoms with Gasteiger partial charge in [-0.15, -0.1) is 0 Å². The maximum Gasteiger partial charge on any atom is 0.254 e. The number of ether oxygens (including phenoxy) is 1. The number of nitrogens with zero attached hydrogens (tertiary/aromatic N) is 2. The molecular weight excluding hydrogens is 316 g/mol. The Morgan fingerprint density at radius 2 is 1.96 bits per heavy atom. The fourth-order valence-corrected chi connectivity index (χ4v) is 2.93. The predicted molar refractivity (Wildman–Crippen MR) is 96.7 cm³/mol. The molecule has 2 heterocycles. The maximum absolute atomic E-state index is 11.4. The van der Waals surface area contributed by atoms with Crippen molar-refractivity contribution in [1.82, 2.24) is 15.2 Å². The van der Waals surface area contributed by atoms with Crippen molar-refractivity contribution < 1.29 is 9.53 Å². The fourth-order valence-electron chi connectivity index (χ4n) is 2.93. The van der Waals surface area contributed by atoms with E-state index in [2.05, 4.69) is 15.2 Å². The second kappa shape index (κ2) is 8.60. The zero-order valence-corrected chi connectivity index (χ0v) is 14.3. The highest BCUT2D eigenvalue weighted by molar-refractivity contribution is 5.95. The van der Waals surface area contributed by atoms with Gasteiger partial charge in [-0.1, -0.05) is 12.1 Å². The van der Waals surface area contributed by atoms with E-state index in [1.807, 2.05) is 24.3 Å². The molecule has 2 aromatic rings. The van der Waals surface area contributed by atoms with Crippen molar-refractivity contribution >= 4 is 5.91 Å². The van der Waals surface area contributed by atoms with Gasteiger partial charge in [0.05, 0.1) is 0 Å². The minimum atomic E-state index is -0.554. The third-order valence-electron chi connectivity index (χ3n) is 4.33. The first kappa shape index (κ1) is 17.4. The Kier molecular flexibility index (Phi) is 5.98. The second-order valence-corrected chi connectivity index (χ2v) is 6.21. The molecule has 1 aromatic heterocycles. The van der Waals surface area contributed by atoms with Crippen molar-refractivity contribution in [1.29, 1.82) is 0 Å². The Balaban J connectivity index is 1.49. The Hall–Kier alpha value is -2.44. The van der Waals surface area contributed by atoms with Crippen LogP contribution in [0.4, 0.5) is 0 Å². The number of amides is 1. The standard InChI is InChI=1S/C19H24N4O2/c20-19(24)17-14-21-8-7-18(17)25-16-5-3-15(4-6-16)13-22-9-12-23-10-1-2-11-23/h3-8,14,22H,1-2,9-13H2,(H2,20,24). The topological polar surface area (TPSA) is 80.5 Å². The first-order valence-corrected chi connectivity index (χ1v) is 8.66. The van der Waals surface area contributed by atoms with Crippen molar-refractivity contribution in [2.75, 3.05) is 26.2 Å². The van der Waals surface area contributed by atoms with E-state index in [4.69, 9.17) is 10.5 Å². The first-order valence-electron chi connectivity index (χ1n) is 8.66. The lowest BCUT2D eigenvalue weighted by Crippen LogP contribution is -2.29. The largest absolute Gasteiger partial charge is 0.456 e. The zero-order valence-electron chi connectivity index (χ0n) is 14.3. The normalized spacial score (nSPS) is 14.6. The molecule has 1 fully saturated rings. The number of likely N-dealkylation sites (tertiary alicyclic amines) is 1. The van der Waals surface area contributed by atoms with Gasteiger partial charge in [0.15, 0.2) is 0 Å². The summed E-state index contributed by atoms with van der Waals surface area (Å²) in [6, 6.07) is 9.45. The minimum Gasteiger partial charge on any atom is -0.456 e. The van der Waals surface area contributed by atoms with Crippen LogP contribution in [0.25, 0.3) is 0 Å². The summed E-state index contributed by atoms with van der Waals surface area (Å²) >= 11 is 0. The van der Waals surface area contributed by atoms with E-state index in [1.54, 1.807) is 12.3 Å². The molecule has 0 unspecified atom stereocenters. The van der Waals surface area contributed by atoms with E-state index in [1.165, 1.54) is 37.7 Å². The summed E-state index contributed by atoms with van der Waals surface area (Å²) in [4.78, 5) is 17.8. The Morgan fingerprint density at radius 1 is 1.20 bits per heavy atom. The van der Waals surface area contributed by atoms with Crippen LogP contribution in [0.1, 0.15) is 28.8 Å². The minimum absolute atomic E-state index is 0.273. The number of benzene rings is 1. The third kappa shape index (κ3) is 5.01. The number of hydrogen-bond donors (Lipinski definition) is 2. The fraction of sp³-hybridized carbons (Fsp3) is 0.368. The van der Waals surface area contributed by atoms with E-state index in [0.717, 1.165) is 19.6 Å². The molecule has 3 rings (SSSR count). The van der Waals surface area contributed by atoms with Gasteiger partial charge in [-0.3, -0.25) is 9.78 Å². The quantitative estimate of drug-likeness (QED) is 0.720. The highest BCUT2D eigenvalue weighted by Crippen LogP contribution is 2.24. The summed E-state index contributed by atoms with van der Waals surface area (Å²) in [6.45, 7) is 5.40. The molecule has 0 aliphatic carbocycles. The van der Waals surface area contributed by atoms with E-state index >= 15 is 0 Å². The molecular formula is C19H24N4O2. The monoisotopic (exact) mass is 340 g/mol. The second-order valence-electron chi connectivity index (χ2n) is 6.21. The summed E-state index contributed by atoms with van der Waals surface area (Å²) in [6.07, 6.45) is 5.64. The molecule has 1 saturated heterocycles. The average molecular weight is 340 g/mol. The summed E-state index contributed by atoms with van der Waals surface area (Å²) < 4.78 is 5.75. The lowest BCUT2D eigenvalue weighted by atomic mass is 10.2. The molecule has 0 bridgehead atoms. The van der Waals surface area contributed by atoms with E-state index in [0.29, 0.717) is 11.5 Å². The lowest BCUT2D eigenvalue weighted by Gasteiger charge is -2.14. The highest BCUT2D eigenvalue weighted by Gasteiger charge is 2.11. The molecule has 3 N–H and O–H groups in total. The molecule has 1 aliphatic heterocycles. The molecule has 1 aliphatic rings. The molecule has 1 amide bonds. The molecule has 6 nitrogen and oxygen atoms in total. The molecule has 132 valence electrons. The number of primary amides is 1. The number of carbonyl (C=O) groups excluding carboxylic acids is 1. The SMILES string of the molecule is NC(=O)c1cnccc1Oc1ccc(CNCCN2CCCC2)cc1. The number of nitrogens with two attached hydrogens (primary N) is 1. The summed E-state index contributed by atoms with van der Waals surface area (Å²) in [5.74, 6) is 0.524. The highest BCUT2D eigenvalue weighted by atomic mass is 16.5. The van der Waals surface area contributed by atoms with Gasteiger partial charge in [-0.25, -0.2) is 0 Å². The number of carbonyl (C=O) groups is 1. The van der Waals surface area contributed by atoms with Gasteiger partial charge in [0.2, 0.25) is 0 Å². The summed E-state index contributed by atoms with van der Waals surface area (Å²) in [5.41, 5.74) is 6.80. The number of nitrogens with one attached hydrogen (secondary N) is 1. The number of pyridine rings is 1. The van der Waals surface area contributed by atoms with Crippen LogP contribution in [-0.4, -0.2) is 42.0 Å². The molecule has 0 spiro atoms. The molecule has 0 radical (unpaired) electrons. The van der Waals surface area contributed by atoms with Crippen LogP contribution >= 0.6 is 0 Å². The van der Waals surface area contributed by atoms with Crippen LogP contribution in [0.3, 0.4) is 0 Å². The maximum atomic E-state index is 11.4. The molecule has 6 heteroatoms. The average Bonchev–Trinajstić information content (AvgIpc) is 3.14. The van der Waals surface area contributed by atoms with Crippen LogP contribution < -0.4 is 15.8 Å².